The summed E-state index contributed by atoms with van der Waals surface area (Å²) in [6.45, 7) is 2.97. The minimum absolute atomic E-state index is 0. The fourth-order valence-corrected chi connectivity index (χ4v) is 1.41. The van der Waals surface area contributed by atoms with Crippen molar-refractivity contribution in [3.8, 4) is 0 Å². The summed E-state index contributed by atoms with van der Waals surface area (Å²) in [7, 11) is -8.44. The second-order valence-electron chi connectivity index (χ2n) is 4.50. The molecule has 0 spiro atoms. The number of aliphatic carboxylic acids is 2. The zero-order chi connectivity index (χ0) is 20.0. The Morgan fingerprint density at radius 1 is 1.00 bits per heavy atom. The second kappa shape index (κ2) is 18.1. The molecule has 0 saturated heterocycles. The van der Waals surface area contributed by atoms with E-state index < -0.39 is 52.8 Å². The van der Waals surface area contributed by atoms with Crippen molar-refractivity contribution in [1.82, 2.24) is 10.6 Å². The van der Waals surface area contributed by atoms with Crippen molar-refractivity contribution in [2.45, 2.75) is 19.9 Å². The van der Waals surface area contributed by atoms with Crippen molar-refractivity contribution in [3.05, 3.63) is 0 Å². The Kier molecular flexibility index (Phi) is 24.2. The average Bonchev–Trinajstić information content (AvgIpc) is 2.23. The van der Waals surface area contributed by atoms with E-state index in [1.807, 2.05) is 19.2 Å². The SMILES string of the molecule is CC(C)N.O=C(O)CNCP(=O)(O)O.O=C(O)CNCP(=O)([O-])O.[K+]. The molecule has 0 rings (SSSR count). The summed E-state index contributed by atoms with van der Waals surface area (Å²) in [6.07, 6.45) is -1.31. The predicted molar refractivity (Wildman–Crippen MR) is 82.2 cm³/mol. The van der Waals surface area contributed by atoms with Crippen LogP contribution in [0.15, 0.2) is 0 Å². The summed E-state index contributed by atoms with van der Waals surface area (Å²) in [5.41, 5.74) is 5.11. The molecule has 0 amide bonds. The number of hydrogen-bond acceptors (Lipinski definition) is 8. The van der Waals surface area contributed by atoms with Crippen LogP contribution in [0.1, 0.15) is 13.8 Å². The number of nitrogens with one attached hydrogen (secondary N) is 2. The third kappa shape index (κ3) is 58.9. The Morgan fingerprint density at radius 3 is 1.48 bits per heavy atom. The number of nitrogens with two attached hydrogens (primary N) is 1. The van der Waals surface area contributed by atoms with Crippen molar-refractivity contribution in [1.29, 1.82) is 0 Å². The molecule has 25 heavy (non-hydrogen) atoms. The predicted octanol–water partition coefficient (Wildman–Crippen LogP) is -5.68. The van der Waals surface area contributed by atoms with E-state index in [0.717, 1.165) is 0 Å². The maximum atomic E-state index is 10.1. The van der Waals surface area contributed by atoms with Crippen LogP contribution in [0, 0.1) is 0 Å². The van der Waals surface area contributed by atoms with Gasteiger partial charge in [0.15, 0.2) is 0 Å². The number of rotatable bonds is 8. The summed E-state index contributed by atoms with van der Waals surface area (Å²) in [4.78, 5) is 53.9. The van der Waals surface area contributed by atoms with Gasteiger partial charge in [-0.15, -0.1) is 0 Å². The third-order valence-corrected chi connectivity index (χ3v) is 2.44. The summed E-state index contributed by atoms with van der Waals surface area (Å²) in [5, 5.41) is 20.0. The van der Waals surface area contributed by atoms with Gasteiger partial charge in [-0.3, -0.25) is 24.8 Å². The van der Waals surface area contributed by atoms with Gasteiger partial charge in [-0.05, 0) is 6.04 Å². The van der Waals surface area contributed by atoms with Crippen LogP contribution in [-0.4, -0.2) is 68.5 Å². The molecule has 0 aliphatic carbocycles. The molecule has 0 fully saturated rings. The minimum Gasteiger partial charge on any atom is -0.778 e. The van der Waals surface area contributed by atoms with Gasteiger partial charge in [0.1, 0.15) is 7.60 Å². The monoisotopic (exact) mass is 435 g/mol. The summed E-state index contributed by atoms with van der Waals surface area (Å²) in [5.74, 6) is -2.32. The molecule has 0 aromatic carbocycles. The smallest absolute Gasteiger partial charge is 0.778 e. The molecule has 0 aliphatic heterocycles. The summed E-state index contributed by atoms with van der Waals surface area (Å²) in [6, 6.07) is 0.333. The van der Waals surface area contributed by atoms with Gasteiger partial charge in [-0.25, -0.2) is 0 Å². The van der Waals surface area contributed by atoms with Crippen molar-refractivity contribution < 1.29 is 99.9 Å². The van der Waals surface area contributed by atoms with Crippen LogP contribution in [0.5, 0.6) is 0 Å². The van der Waals surface area contributed by atoms with Gasteiger partial charge in [0, 0.05) is 0 Å². The minimum atomic E-state index is -4.35. The van der Waals surface area contributed by atoms with Crippen LogP contribution >= 0.6 is 15.2 Å². The average molecular weight is 435 g/mol. The quantitative estimate of drug-likeness (QED) is 0.131. The van der Waals surface area contributed by atoms with Crippen molar-refractivity contribution in [2.75, 3.05) is 25.7 Å². The van der Waals surface area contributed by atoms with Crippen LogP contribution < -0.4 is 72.6 Å². The molecule has 16 heteroatoms. The van der Waals surface area contributed by atoms with E-state index in [4.69, 9.17) is 30.6 Å². The van der Waals surface area contributed by atoms with E-state index in [2.05, 4.69) is 5.32 Å². The molecule has 0 saturated carbocycles. The summed E-state index contributed by atoms with van der Waals surface area (Å²) < 4.78 is 20.0. The van der Waals surface area contributed by atoms with Gasteiger partial charge in [-0.1, -0.05) is 13.8 Å². The molecule has 1 atom stereocenters. The molecule has 13 nitrogen and oxygen atoms in total. The Hall–Kier alpha value is 0.756. The van der Waals surface area contributed by atoms with Crippen LogP contribution in [0.25, 0.3) is 0 Å². The van der Waals surface area contributed by atoms with E-state index >= 15 is 0 Å². The molecule has 0 radical (unpaired) electrons. The van der Waals surface area contributed by atoms with Crippen LogP contribution in [0.3, 0.4) is 0 Å². The van der Waals surface area contributed by atoms with Crippen LogP contribution in [0.4, 0.5) is 0 Å². The van der Waals surface area contributed by atoms with Gasteiger partial charge in [-0.2, -0.15) is 0 Å². The van der Waals surface area contributed by atoms with Gasteiger partial charge in [0.25, 0.3) is 0 Å². The van der Waals surface area contributed by atoms with Crippen LogP contribution in [0.2, 0.25) is 0 Å². The van der Waals surface area contributed by atoms with Gasteiger partial charge in [0.2, 0.25) is 0 Å². The standard InChI is InChI=1S/2C3H8NO5P.C3H9N.K/c2*5-3(6)1-4-2-10(7,8)9;1-3(2)4;/h2*4H,1-2H2,(H,5,6)(H2,7,8,9);3H,4H2,1-2H3;/q;;;+1/p-1. The van der Waals surface area contributed by atoms with E-state index in [9.17, 15) is 23.6 Å². The number of carbonyl (C=O) groups is 2. The largest absolute Gasteiger partial charge is 1.00 e. The van der Waals surface area contributed by atoms with E-state index in [0.29, 0.717) is 6.04 Å². The van der Waals surface area contributed by atoms with Gasteiger partial charge >= 0.3 is 70.9 Å². The second-order valence-corrected chi connectivity index (χ2v) is 7.74. The molecule has 0 bridgehead atoms. The normalized spacial score (nSPS) is 12.5. The first-order valence-corrected chi connectivity index (χ1v) is 9.81. The fourth-order valence-electron chi connectivity index (χ4n) is 0.613. The molecule has 1 unspecified atom stereocenters. The van der Waals surface area contributed by atoms with E-state index in [1.165, 1.54) is 0 Å². The van der Waals surface area contributed by atoms with Crippen molar-refractivity contribution >= 4 is 27.1 Å². The molecular weight excluding hydrogens is 411 g/mol. The Labute approximate surface area is 187 Å². The third-order valence-electron chi connectivity index (χ3n) is 1.18. The first-order valence-electron chi connectivity index (χ1n) is 6.24. The maximum Gasteiger partial charge on any atom is 1.00 e. The van der Waals surface area contributed by atoms with Crippen molar-refractivity contribution in [2.24, 2.45) is 5.73 Å². The molecule has 0 aromatic rings. The first kappa shape index (κ1) is 33.3. The van der Waals surface area contributed by atoms with Gasteiger partial charge in [0.05, 0.1) is 25.7 Å². The van der Waals surface area contributed by atoms with Crippen molar-refractivity contribution in [3.63, 3.8) is 0 Å². The molecule has 9 N–H and O–H groups in total. The molecule has 0 aromatic heterocycles. The number of carboxylic acid groups (broad SMARTS) is 2. The molecular formula is C9H24KN3O10P2. The van der Waals surface area contributed by atoms with Gasteiger partial charge < -0.3 is 40.1 Å². The fraction of sp³-hybridized carbons (Fsp3) is 0.778. The topological polar surface area (TPSA) is 243 Å². The number of carboxylic acids is 2. The Morgan fingerprint density at radius 2 is 1.28 bits per heavy atom. The Bertz CT molecular complexity index is 412. The Balaban J connectivity index is -0.000000141. The zero-order valence-electron chi connectivity index (χ0n) is 14.2. The maximum absolute atomic E-state index is 10.1. The summed E-state index contributed by atoms with van der Waals surface area (Å²) >= 11 is 0. The number of hydrogen-bond donors (Lipinski definition) is 8. The molecule has 0 heterocycles. The first-order chi connectivity index (χ1) is 10.6. The molecule has 0 aliphatic rings. The molecule has 146 valence electrons. The van der Waals surface area contributed by atoms with E-state index in [1.54, 1.807) is 0 Å². The van der Waals surface area contributed by atoms with E-state index in [-0.39, 0.29) is 51.4 Å². The van der Waals surface area contributed by atoms with Crippen LogP contribution in [-0.2, 0) is 18.7 Å². The zero-order valence-corrected chi connectivity index (χ0v) is 19.1.